The lowest BCUT2D eigenvalue weighted by molar-refractivity contribution is -0.0584. The zero-order chi connectivity index (χ0) is 15.1. The van der Waals surface area contributed by atoms with Crippen molar-refractivity contribution < 1.29 is 9.59 Å². The minimum atomic E-state index is -0.0934. The van der Waals surface area contributed by atoms with Gasteiger partial charge in [-0.25, -0.2) is 0 Å². The topological polar surface area (TPSA) is 63.4 Å². The van der Waals surface area contributed by atoms with Crippen molar-refractivity contribution in [2.24, 2.45) is 23.5 Å². The summed E-state index contributed by atoms with van der Waals surface area (Å²) >= 11 is 0. The van der Waals surface area contributed by atoms with Crippen molar-refractivity contribution in [1.82, 2.24) is 4.90 Å². The first-order valence-electron chi connectivity index (χ1n) is 8.31. The van der Waals surface area contributed by atoms with Gasteiger partial charge in [-0.05, 0) is 62.0 Å². The number of carbonyl (C=O) groups excluding carboxylic acids is 2. The zero-order valence-electron chi connectivity index (χ0n) is 12.5. The predicted molar refractivity (Wildman–Crippen MR) is 81.2 cm³/mol. The average molecular weight is 296 g/mol. The highest BCUT2D eigenvalue weighted by molar-refractivity contribution is 6.21. The molecule has 2 amide bonds. The summed E-state index contributed by atoms with van der Waals surface area (Å²) in [4.78, 5) is 27.2. The van der Waals surface area contributed by atoms with Crippen molar-refractivity contribution in [3.63, 3.8) is 0 Å². The standard InChI is InChI=1S/C18H20N2O2/c19-18-7-10-5-11(8-18)15(12(6-10)9-18)20-16(21)13-3-1-2-4-14(13)17(20)22/h1-4,10-12,15H,5-9,19H2. The van der Waals surface area contributed by atoms with Gasteiger partial charge in [-0.3, -0.25) is 14.5 Å². The molecule has 2 atom stereocenters. The molecule has 0 saturated heterocycles. The molecule has 5 aliphatic rings. The third-order valence-corrected chi connectivity index (χ3v) is 6.39. The van der Waals surface area contributed by atoms with Gasteiger partial charge >= 0.3 is 0 Å². The molecule has 1 heterocycles. The van der Waals surface area contributed by atoms with Crippen LogP contribution in [0.5, 0.6) is 0 Å². The molecule has 1 aliphatic heterocycles. The van der Waals surface area contributed by atoms with Gasteiger partial charge in [0.2, 0.25) is 0 Å². The minimum absolute atomic E-state index is 0.0360. The van der Waals surface area contributed by atoms with Crippen molar-refractivity contribution in [2.75, 3.05) is 0 Å². The summed E-state index contributed by atoms with van der Waals surface area (Å²) in [5, 5.41) is 0. The lowest BCUT2D eigenvalue weighted by Crippen LogP contribution is -2.65. The van der Waals surface area contributed by atoms with Crippen LogP contribution in [-0.2, 0) is 0 Å². The van der Waals surface area contributed by atoms with Crippen molar-refractivity contribution >= 4 is 11.8 Å². The first kappa shape index (κ1) is 12.8. The highest BCUT2D eigenvalue weighted by atomic mass is 16.2. The van der Waals surface area contributed by atoms with Gasteiger partial charge < -0.3 is 5.73 Å². The molecule has 0 aromatic heterocycles. The molecule has 0 radical (unpaired) electrons. The summed E-state index contributed by atoms with van der Waals surface area (Å²) in [6.07, 6.45) is 5.34. The zero-order valence-corrected chi connectivity index (χ0v) is 12.5. The average Bonchev–Trinajstić information content (AvgIpc) is 2.71. The van der Waals surface area contributed by atoms with Crippen LogP contribution in [0.15, 0.2) is 24.3 Å². The third kappa shape index (κ3) is 1.51. The summed E-state index contributed by atoms with van der Waals surface area (Å²) < 4.78 is 0. The number of nitrogens with two attached hydrogens (primary N) is 1. The molecule has 4 heteroatoms. The number of benzene rings is 1. The lowest BCUT2D eigenvalue weighted by Gasteiger charge is -2.60. The van der Waals surface area contributed by atoms with Crippen LogP contribution >= 0.6 is 0 Å². The molecule has 4 aliphatic carbocycles. The molecule has 6 rings (SSSR count). The molecule has 114 valence electrons. The van der Waals surface area contributed by atoms with Crippen molar-refractivity contribution in [2.45, 2.75) is 43.7 Å². The second-order valence-electron chi connectivity index (χ2n) is 7.85. The fourth-order valence-electron chi connectivity index (χ4n) is 5.96. The van der Waals surface area contributed by atoms with Crippen LogP contribution in [0, 0.1) is 17.8 Å². The summed E-state index contributed by atoms with van der Waals surface area (Å²) in [6.45, 7) is 0. The maximum absolute atomic E-state index is 12.8. The number of hydrogen-bond acceptors (Lipinski definition) is 3. The van der Waals surface area contributed by atoms with Gasteiger partial charge in [0.05, 0.1) is 11.1 Å². The van der Waals surface area contributed by atoms with Gasteiger partial charge in [-0.2, -0.15) is 0 Å². The number of amides is 2. The SMILES string of the molecule is NC12CC3CC(C1)C(N1C(=O)c4ccccc4C1=O)C(C3)C2. The number of imide groups is 1. The Bertz CT molecular complexity index is 647. The van der Waals surface area contributed by atoms with E-state index in [1.165, 1.54) is 0 Å². The van der Waals surface area contributed by atoms with E-state index in [1.807, 2.05) is 12.1 Å². The van der Waals surface area contributed by atoms with Gasteiger partial charge in [0.1, 0.15) is 0 Å². The molecule has 4 saturated carbocycles. The molecule has 4 nitrogen and oxygen atoms in total. The van der Waals surface area contributed by atoms with Gasteiger partial charge in [-0.1, -0.05) is 12.1 Å². The Hall–Kier alpha value is -1.68. The second kappa shape index (κ2) is 3.99. The number of hydrogen-bond donors (Lipinski definition) is 1. The number of nitrogens with zero attached hydrogens (tertiary/aromatic N) is 1. The van der Waals surface area contributed by atoms with E-state index in [-0.39, 0.29) is 23.4 Å². The summed E-state index contributed by atoms with van der Waals surface area (Å²) in [6, 6.07) is 7.28. The fraction of sp³-hybridized carbons (Fsp3) is 0.556. The molecule has 1 aromatic rings. The predicted octanol–water partition coefficient (Wildman–Crippen LogP) is 2.19. The van der Waals surface area contributed by atoms with E-state index in [9.17, 15) is 9.59 Å². The summed E-state index contributed by atoms with van der Waals surface area (Å²) in [7, 11) is 0. The van der Waals surface area contributed by atoms with Crippen molar-refractivity contribution in [1.29, 1.82) is 0 Å². The monoisotopic (exact) mass is 296 g/mol. The molecule has 4 bridgehead atoms. The largest absolute Gasteiger partial charge is 0.325 e. The van der Waals surface area contributed by atoms with Gasteiger partial charge in [0.15, 0.2) is 0 Å². The molecular formula is C18H20N2O2. The number of fused-ring (bicyclic) bond motifs is 1. The normalized spacial score (nSPS) is 42.1. The van der Waals surface area contributed by atoms with E-state index in [0.717, 1.165) is 32.1 Å². The van der Waals surface area contributed by atoms with Crippen LogP contribution in [0.3, 0.4) is 0 Å². The van der Waals surface area contributed by atoms with Crippen LogP contribution in [0.4, 0.5) is 0 Å². The Morgan fingerprint density at radius 2 is 1.50 bits per heavy atom. The van der Waals surface area contributed by atoms with Crippen LogP contribution in [-0.4, -0.2) is 28.3 Å². The third-order valence-electron chi connectivity index (χ3n) is 6.39. The van der Waals surface area contributed by atoms with E-state index in [1.54, 1.807) is 17.0 Å². The van der Waals surface area contributed by atoms with Gasteiger partial charge in [-0.15, -0.1) is 0 Å². The van der Waals surface area contributed by atoms with Crippen LogP contribution < -0.4 is 5.73 Å². The van der Waals surface area contributed by atoms with Gasteiger partial charge in [0.25, 0.3) is 11.8 Å². The first-order valence-corrected chi connectivity index (χ1v) is 8.31. The molecule has 22 heavy (non-hydrogen) atoms. The number of rotatable bonds is 1. The Morgan fingerprint density at radius 3 is 2.00 bits per heavy atom. The Morgan fingerprint density at radius 1 is 0.955 bits per heavy atom. The van der Waals surface area contributed by atoms with Gasteiger partial charge in [0, 0.05) is 11.6 Å². The molecule has 2 N–H and O–H groups in total. The Labute approximate surface area is 129 Å². The lowest BCUT2D eigenvalue weighted by atomic mass is 9.51. The Balaban J connectivity index is 1.54. The molecule has 2 unspecified atom stereocenters. The Kier molecular flexibility index (Phi) is 2.32. The van der Waals surface area contributed by atoms with E-state index < -0.39 is 0 Å². The van der Waals surface area contributed by atoms with Crippen molar-refractivity contribution in [3.05, 3.63) is 35.4 Å². The van der Waals surface area contributed by atoms with Crippen molar-refractivity contribution in [3.8, 4) is 0 Å². The van der Waals surface area contributed by atoms with Crippen LogP contribution in [0.2, 0.25) is 0 Å². The second-order valence-corrected chi connectivity index (χ2v) is 7.85. The van der Waals surface area contributed by atoms with Crippen LogP contribution in [0.1, 0.15) is 52.8 Å². The fourth-order valence-corrected chi connectivity index (χ4v) is 5.96. The van der Waals surface area contributed by atoms with E-state index in [2.05, 4.69) is 0 Å². The smallest absolute Gasteiger partial charge is 0.261 e. The quantitative estimate of drug-likeness (QED) is 0.808. The summed E-state index contributed by atoms with van der Waals surface area (Å²) in [5.41, 5.74) is 7.66. The first-order chi connectivity index (χ1) is 10.6. The highest BCUT2D eigenvalue weighted by Gasteiger charge is 2.58. The maximum atomic E-state index is 12.8. The van der Waals surface area contributed by atoms with E-state index in [0.29, 0.717) is 28.9 Å². The molecule has 4 fully saturated rings. The molecule has 1 aromatic carbocycles. The molecular weight excluding hydrogens is 276 g/mol. The van der Waals surface area contributed by atoms with Crippen LogP contribution in [0.25, 0.3) is 0 Å². The maximum Gasteiger partial charge on any atom is 0.261 e. The number of carbonyl (C=O) groups is 2. The summed E-state index contributed by atoms with van der Waals surface area (Å²) in [5.74, 6) is 1.32. The molecule has 0 spiro atoms. The highest BCUT2D eigenvalue weighted by Crippen LogP contribution is 2.56. The van der Waals surface area contributed by atoms with E-state index in [4.69, 9.17) is 5.73 Å². The minimum Gasteiger partial charge on any atom is -0.325 e. The van der Waals surface area contributed by atoms with E-state index >= 15 is 0 Å².